The standard InChI is InChI=1S/C17H26O3/c18-14-6-15(20-16(19)7-14)1-2-17-8-11-3-12(9-17)5-13(4-11)10-17/h11-15,18H,1-10H2/t11?,12?,13?,14-,15?,17?/m1/s1. The molecule has 1 heterocycles. The van der Waals surface area contributed by atoms with E-state index in [0.717, 1.165) is 24.2 Å². The molecule has 0 aromatic carbocycles. The lowest BCUT2D eigenvalue weighted by Gasteiger charge is -2.57. The summed E-state index contributed by atoms with van der Waals surface area (Å²) in [6.07, 6.45) is 11.2. The second-order valence-corrected chi connectivity index (χ2v) is 8.16. The third-order valence-corrected chi connectivity index (χ3v) is 6.40. The molecule has 5 aliphatic rings. The van der Waals surface area contributed by atoms with Gasteiger partial charge in [-0.05, 0) is 74.5 Å². The quantitative estimate of drug-likeness (QED) is 0.807. The number of ether oxygens (including phenoxy) is 1. The Balaban J connectivity index is 1.38. The van der Waals surface area contributed by atoms with Crippen LogP contribution in [0.15, 0.2) is 0 Å². The van der Waals surface area contributed by atoms with Crippen molar-refractivity contribution < 1.29 is 14.6 Å². The van der Waals surface area contributed by atoms with Crippen LogP contribution in [0.25, 0.3) is 0 Å². The highest BCUT2D eigenvalue weighted by atomic mass is 16.5. The number of esters is 1. The van der Waals surface area contributed by atoms with Crippen LogP contribution in [0.3, 0.4) is 0 Å². The van der Waals surface area contributed by atoms with E-state index in [-0.39, 0.29) is 18.5 Å². The summed E-state index contributed by atoms with van der Waals surface area (Å²) in [5, 5.41) is 9.71. The van der Waals surface area contributed by atoms with Crippen LogP contribution in [-0.2, 0) is 9.53 Å². The van der Waals surface area contributed by atoms with E-state index in [1.165, 1.54) is 44.9 Å². The van der Waals surface area contributed by atoms with Crippen LogP contribution in [0.2, 0.25) is 0 Å². The number of aliphatic hydroxyl groups is 1. The molecular formula is C17H26O3. The maximum absolute atomic E-state index is 11.4. The van der Waals surface area contributed by atoms with E-state index in [0.29, 0.717) is 11.8 Å². The van der Waals surface area contributed by atoms with Gasteiger partial charge in [-0.3, -0.25) is 4.79 Å². The summed E-state index contributed by atoms with van der Waals surface area (Å²) in [6.45, 7) is 0. The molecule has 1 N–H and O–H groups in total. The minimum atomic E-state index is -0.474. The Morgan fingerprint density at radius 3 is 2.20 bits per heavy atom. The predicted octanol–water partition coefficient (Wildman–Crippen LogP) is 3.05. The van der Waals surface area contributed by atoms with Gasteiger partial charge in [-0.1, -0.05) is 0 Å². The van der Waals surface area contributed by atoms with E-state index in [1.807, 2.05) is 0 Å². The van der Waals surface area contributed by atoms with Crippen LogP contribution in [0.5, 0.6) is 0 Å². The molecule has 5 fully saturated rings. The van der Waals surface area contributed by atoms with Crippen LogP contribution in [0.1, 0.15) is 64.2 Å². The van der Waals surface area contributed by atoms with Gasteiger partial charge in [-0.2, -0.15) is 0 Å². The van der Waals surface area contributed by atoms with E-state index in [4.69, 9.17) is 4.74 Å². The molecular weight excluding hydrogens is 252 g/mol. The van der Waals surface area contributed by atoms with Crippen LogP contribution in [0, 0.1) is 23.2 Å². The normalized spacial score (nSPS) is 50.2. The van der Waals surface area contributed by atoms with Crippen LogP contribution >= 0.6 is 0 Å². The highest BCUT2D eigenvalue weighted by molar-refractivity contribution is 5.70. The first-order valence-electron chi connectivity index (χ1n) is 8.48. The van der Waals surface area contributed by atoms with Crippen molar-refractivity contribution in [3.8, 4) is 0 Å². The number of cyclic esters (lactones) is 1. The largest absolute Gasteiger partial charge is 0.462 e. The Bertz CT molecular complexity index is 368. The summed E-state index contributed by atoms with van der Waals surface area (Å²) < 4.78 is 5.42. The highest BCUT2D eigenvalue weighted by Gasteiger charge is 2.50. The minimum absolute atomic E-state index is 0.0285. The van der Waals surface area contributed by atoms with Crippen molar-refractivity contribution in [3.63, 3.8) is 0 Å². The van der Waals surface area contributed by atoms with E-state index in [9.17, 15) is 9.90 Å². The number of carbonyl (C=O) groups is 1. The van der Waals surface area contributed by atoms with Gasteiger partial charge in [-0.15, -0.1) is 0 Å². The fourth-order valence-corrected chi connectivity index (χ4v) is 6.10. The fourth-order valence-electron chi connectivity index (χ4n) is 6.10. The average Bonchev–Trinajstić information content (AvgIpc) is 2.34. The average molecular weight is 278 g/mol. The first kappa shape index (κ1) is 13.1. The first-order chi connectivity index (χ1) is 9.60. The summed E-state index contributed by atoms with van der Waals surface area (Å²) in [5.41, 5.74) is 0.559. The lowest BCUT2D eigenvalue weighted by Crippen LogP contribution is -2.46. The molecule has 1 unspecified atom stereocenters. The molecule has 0 amide bonds. The van der Waals surface area contributed by atoms with Gasteiger partial charge >= 0.3 is 5.97 Å². The van der Waals surface area contributed by atoms with Gasteiger partial charge in [-0.25, -0.2) is 0 Å². The lowest BCUT2D eigenvalue weighted by atomic mass is 9.48. The molecule has 0 spiro atoms. The Morgan fingerprint density at radius 1 is 1.05 bits per heavy atom. The zero-order valence-electron chi connectivity index (χ0n) is 12.2. The smallest absolute Gasteiger partial charge is 0.308 e. The predicted molar refractivity (Wildman–Crippen MR) is 75.0 cm³/mol. The zero-order valence-corrected chi connectivity index (χ0v) is 12.2. The minimum Gasteiger partial charge on any atom is -0.462 e. The van der Waals surface area contributed by atoms with Gasteiger partial charge in [0, 0.05) is 6.42 Å². The van der Waals surface area contributed by atoms with Crippen LogP contribution in [-0.4, -0.2) is 23.3 Å². The lowest BCUT2D eigenvalue weighted by molar-refractivity contribution is -0.161. The van der Waals surface area contributed by atoms with Crippen molar-refractivity contribution in [2.24, 2.45) is 23.2 Å². The monoisotopic (exact) mass is 278 g/mol. The van der Waals surface area contributed by atoms with Gasteiger partial charge in [0.15, 0.2) is 0 Å². The van der Waals surface area contributed by atoms with Gasteiger partial charge in [0.05, 0.1) is 12.5 Å². The molecule has 0 aromatic rings. The number of hydrogen-bond donors (Lipinski definition) is 1. The van der Waals surface area contributed by atoms with Gasteiger partial charge in [0.2, 0.25) is 0 Å². The summed E-state index contributed by atoms with van der Waals surface area (Å²) in [5.74, 6) is 2.75. The second kappa shape index (κ2) is 4.72. The first-order valence-corrected chi connectivity index (χ1v) is 8.48. The molecule has 0 radical (unpaired) electrons. The number of rotatable bonds is 3. The Morgan fingerprint density at radius 2 is 1.65 bits per heavy atom. The Kier molecular flexibility index (Phi) is 3.10. The van der Waals surface area contributed by atoms with Gasteiger partial charge in [0.1, 0.15) is 6.10 Å². The van der Waals surface area contributed by atoms with Gasteiger partial charge < -0.3 is 9.84 Å². The molecule has 0 aromatic heterocycles. The molecule has 112 valence electrons. The molecule has 1 saturated heterocycles. The van der Waals surface area contributed by atoms with Crippen LogP contribution in [0.4, 0.5) is 0 Å². The van der Waals surface area contributed by atoms with E-state index in [2.05, 4.69) is 0 Å². The number of hydrogen-bond acceptors (Lipinski definition) is 3. The van der Waals surface area contributed by atoms with Crippen molar-refractivity contribution in [2.45, 2.75) is 76.4 Å². The molecule has 1 aliphatic heterocycles. The molecule has 3 heteroatoms. The topological polar surface area (TPSA) is 46.5 Å². The molecule has 4 aliphatic carbocycles. The Hall–Kier alpha value is -0.570. The SMILES string of the molecule is O=C1C[C@H](O)CC(CCC23CC4CC(CC(C4)C2)C3)O1. The van der Waals surface area contributed by atoms with E-state index < -0.39 is 6.10 Å². The number of aliphatic hydroxyl groups excluding tert-OH is 1. The Labute approximate surface area is 121 Å². The molecule has 3 nitrogen and oxygen atoms in total. The second-order valence-electron chi connectivity index (χ2n) is 8.16. The fraction of sp³-hybridized carbons (Fsp3) is 0.941. The molecule has 20 heavy (non-hydrogen) atoms. The molecule has 4 bridgehead atoms. The maximum Gasteiger partial charge on any atom is 0.308 e. The van der Waals surface area contributed by atoms with Crippen LogP contribution < -0.4 is 0 Å². The maximum atomic E-state index is 11.4. The van der Waals surface area contributed by atoms with Crippen molar-refractivity contribution in [1.82, 2.24) is 0 Å². The summed E-state index contributed by atoms with van der Waals surface area (Å²) in [4.78, 5) is 11.4. The van der Waals surface area contributed by atoms with E-state index >= 15 is 0 Å². The third-order valence-electron chi connectivity index (χ3n) is 6.40. The van der Waals surface area contributed by atoms with Crippen molar-refractivity contribution in [2.75, 3.05) is 0 Å². The third kappa shape index (κ3) is 2.38. The summed E-state index contributed by atoms with van der Waals surface area (Å²) >= 11 is 0. The molecule has 5 rings (SSSR count). The summed E-state index contributed by atoms with van der Waals surface area (Å²) in [6, 6.07) is 0. The zero-order chi connectivity index (χ0) is 13.7. The van der Waals surface area contributed by atoms with Gasteiger partial charge in [0.25, 0.3) is 0 Å². The van der Waals surface area contributed by atoms with Crippen molar-refractivity contribution in [1.29, 1.82) is 0 Å². The van der Waals surface area contributed by atoms with E-state index in [1.54, 1.807) is 0 Å². The summed E-state index contributed by atoms with van der Waals surface area (Å²) in [7, 11) is 0. The molecule has 4 saturated carbocycles. The van der Waals surface area contributed by atoms with Crippen molar-refractivity contribution >= 4 is 5.97 Å². The number of carbonyl (C=O) groups excluding carboxylic acids is 1. The van der Waals surface area contributed by atoms with Crippen molar-refractivity contribution in [3.05, 3.63) is 0 Å². The molecule has 2 atom stereocenters. The highest BCUT2D eigenvalue weighted by Crippen LogP contribution is 2.61.